The standard InChI is InChI=1S/C19H19N5O4/c1-4-20-28-18(13-8-6-10-15-17(13)27-11-26-15)16-12(2)7-5-9-14(16)24-19(25)23(3)21-22-24/h4-10,18H,11H2,1-3H3. The van der Waals surface area contributed by atoms with Crippen LogP contribution in [-0.4, -0.2) is 32.8 Å². The zero-order valence-electron chi connectivity index (χ0n) is 15.7. The number of aryl methyl sites for hydroxylation is 2. The van der Waals surface area contributed by atoms with Crippen molar-refractivity contribution in [3.05, 3.63) is 63.6 Å². The van der Waals surface area contributed by atoms with Gasteiger partial charge in [0.05, 0.1) is 5.69 Å². The largest absolute Gasteiger partial charge is 0.454 e. The topological polar surface area (TPSA) is 92.8 Å². The second kappa shape index (κ2) is 7.18. The second-order valence-corrected chi connectivity index (χ2v) is 6.23. The van der Waals surface area contributed by atoms with Gasteiger partial charge in [-0.25, -0.2) is 4.79 Å². The molecule has 0 radical (unpaired) electrons. The molecule has 1 aliphatic heterocycles. The number of aromatic nitrogens is 4. The molecule has 0 saturated heterocycles. The molecule has 1 aromatic heterocycles. The molecule has 28 heavy (non-hydrogen) atoms. The van der Waals surface area contributed by atoms with E-state index in [0.717, 1.165) is 16.7 Å². The van der Waals surface area contributed by atoms with Gasteiger partial charge in [-0.15, -0.1) is 0 Å². The van der Waals surface area contributed by atoms with Gasteiger partial charge in [-0.3, -0.25) is 0 Å². The first-order valence-electron chi connectivity index (χ1n) is 8.73. The predicted octanol–water partition coefficient (Wildman–Crippen LogP) is 2.11. The molecule has 0 N–H and O–H groups in total. The average Bonchev–Trinajstić information content (AvgIpc) is 3.30. The molecule has 2 heterocycles. The van der Waals surface area contributed by atoms with Crippen LogP contribution in [0.1, 0.15) is 29.7 Å². The third-order valence-electron chi connectivity index (χ3n) is 4.49. The van der Waals surface area contributed by atoms with Crippen LogP contribution in [0.4, 0.5) is 0 Å². The smallest absolute Gasteiger partial charge is 0.368 e. The summed E-state index contributed by atoms with van der Waals surface area (Å²) in [4.78, 5) is 18.3. The maximum absolute atomic E-state index is 12.5. The molecule has 9 heteroatoms. The Morgan fingerprint density at radius 2 is 2.04 bits per heavy atom. The first-order valence-corrected chi connectivity index (χ1v) is 8.73. The third kappa shape index (κ3) is 2.90. The molecule has 0 fully saturated rings. The Hall–Kier alpha value is -3.62. The SMILES string of the molecule is CC=NOC(c1cccc2c1OCO2)c1c(C)cccc1-n1nnn(C)c1=O. The number of rotatable bonds is 5. The number of oxime groups is 1. The fraction of sp³-hybridized carbons (Fsp3) is 0.263. The van der Waals surface area contributed by atoms with Gasteiger partial charge in [-0.1, -0.05) is 29.4 Å². The molecule has 0 spiro atoms. The van der Waals surface area contributed by atoms with Gasteiger partial charge in [0.1, 0.15) is 0 Å². The average molecular weight is 381 g/mol. The van der Waals surface area contributed by atoms with Crippen LogP contribution in [0.5, 0.6) is 11.5 Å². The van der Waals surface area contributed by atoms with Crippen molar-refractivity contribution in [3.63, 3.8) is 0 Å². The van der Waals surface area contributed by atoms with E-state index in [0.29, 0.717) is 17.2 Å². The first-order chi connectivity index (χ1) is 13.6. The quantitative estimate of drug-likeness (QED) is 0.496. The van der Waals surface area contributed by atoms with Gasteiger partial charge >= 0.3 is 5.69 Å². The van der Waals surface area contributed by atoms with E-state index in [9.17, 15) is 4.79 Å². The van der Waals surface area contributed by atoms with E-state index in [-0.39, 0.29) is 12.5 Å². The minimum atomic E-state index is -0.641. The number of nitrogens with zero attached hydrogens (tertiary/aromatic N) is 5. The summed E-state index contributed by atoms with van der Waals surface area (Å²) in [6, 6.07) is 11.2. The van der Waals surface area contributed by atoms with Crippen molar-refractivity contribution < 1.29 is 14.3 Å². The van der Waals surface area contributed by atoms with E-state index in [2.05, 4.69) is 15.6 Å². The molecule has 4 rings (SSSR count). The molecule has 2 aromatic carbocycles. The van der Waals surface area contributed by atoms with Gasteiger partial charge in [0.25, 0.3) is 0 Å². The lowest BCUT2D eigenvalue weighted by Gasteiger charge is -2.21. The highest BCUT2D eigenvalue weighted by Crippen LogP contribution is 2.43. The van der Waals surface area contributed by atoms with Crippen LogP contribution in [-0.2, 0) is 11.9 Å². The molecule has 1 unspecified atom stereocenters. The van der Waals surface area contributed by atoms with Crippen LogP contribution in [0, 0.1) is 6.92 Å². The Morgan fingerprint density at radius 3 is 2.79 bits per heavy atom. The Kier molecular flexibility index (Phi) is 4.56. The van der Waals surface area contributed by atoms with Crippen molar-refractivity contribution in [1.29, 1.82) is 0 Å². The van der Waals surface area contributed by atoms with Crippen molar-refractivity contribution in [2.45, 2.75) is 20.0 Å². The van der Waals surface area contributed by atoms with Gasteiger partial charge in [0.15, 0.2) is 17.6 Å². The molecule has 0 saturated carbocycles. The molecule has 0 aliphatic carbocycles. The van der Waals surface area contributed by atoms with Gasteiger partial charge < -0.3 is 14.3 Å². The highest BCUT2D eigenvalue weighted by molar-refractivity contribution is 5.56. The summed E-state index contributed by atoms with van der Waals surface area (Å²) in [6.07, 6.45) is 0.915. The highest BCUT2D eigenvalue weighted by atomic mass is 16.7. The van der Waals surface area contributed by atoms with E-state index in [1.165, 1.54) is 9.36 Å². The van der Waals surface area contributed by atoms with Crippen LogP contribution in [0.15, 0.2) is 46.3 Å². The second-order valence-electron chi connectivity index (χ2n) is 6.23. The van der Waals surface area contributed by atoms with Crippen LogP contribution < -0.4 is 15.2 Å². The minimum absolute atomic E-state index is 0.139. The number of tetrazole rings is 1. The summed E-state index contributed by atoms with van der Waals surface area (Å²) in [5.74, 6) is 1.23. The number of hydrogen-bond acceptors (Lipinski definition) is 7. The number of hydrogen-bond donors (Lipinski definition) is 0. The predicted molar refractivity (Wildman–Crippen MR) is 101 cm³/mol. The van der Waals surface area contributed by atoms with Gasteiger partial charge in [0.2, 0.25) is 6.79 Å². The fourth-order valence-electron chi connectivity index (χ4n) is 3.20. The van der Waals surface area contributed by atoms with Crippen LogP contribution in [0.25, 0.3) is 5.69 Å². The number of benzene rings is 2. The van der Waals surface area contributed by atoms with E-state index in [1.807, 2.05) is 37.3 Å². The van der Waals surface area contributed by atoms with Gasteiger partial charge in [0, 0.05) is 24.4 Å². The van der Waals surface area contributed by atoms with Crippen molar-refractivity contribution in [2.24, 2.45) is 12.2 Å². The summed E-state index contributed by atoms with van der Waals surface area (Å²) >= 11 is 0. The lowest BCUT2D eigenvalue weighted by atomic mass is 9.94. The third-order valence-corrected chi connectivity index (χ3v) is 4.49. The summed E-state index contributed by atoms with van der Waals surface area (Å²) in [6.45, 7) is 3.84. The van der Waals surface area contributed by atoms with E-state index >= 15 is 0 Å². The molecule has 9 nitrogen and oxygen atoms in total. The molecule has 0 bridgehead atoms. The van der Waals surface area contributed by atoms with Crippen LogP contribution in [0.3, 0.4) is 0 Å². The Morgan fingerprint density at radius 1 is 1.21 bits per heavy atom. The molecule has 0 amide bonds. The maximum atomic E-state index is 12.5. The lowest BCUT2D eigenvalue weighted by molar-refractivity contribution is 0.0849. The Bertz CT molecular complexity index is 1100. The Balaban J connectivity index is 1.95. The molecule has 144 valence electrons. The lowest BCUT2D eigenvalue weighted by Crippen LogP contribution is -2.24. The Labute approximate surface area is 160 Å². The molecule has 1 atom stereocenters. The van der Waals surface area contributed by atoms with Gasteiger partial charge in [-0.05, 0) is 42.0 Å². The van der Waals surface area contributed by atoms with Crippen molar-refractivity contribution in [2.75, 3.05) is 6.79 Å². The molecule has 3 aromatic rings. The summed E-state index contributed by atoms with van der Waals surface area (Å²) in [5.41, 5.74) is 2.59. The van der Waals surface area contributed by atoms with Crippen LogP contribution >= 0.6 is 0 Å². The van der Waals surface area contributed by atoms with E-state index < -0.39 is 6.10 Å². The number of ether oxygens (including phenoxy) is 2. The van der Waals surface area contributed by atoms with Crippen LogP contribution in [0.2, 0.25) is 0 Å². The van der Waals surface area contributed by atoms with E-state index in [4.69, 9.17) is 14.3 Å². The normalized spacial score (nSPS) is 13.8. The first kappa shape index (κ1) is 17.8. The zero-order chi connectivity index (χ0) is 19.7. The molecular formula is C19H19N5O4. The molecular weight excluding hydrogens is 362 g/mol. The summed E-state index contributed by atoms with van der Waals surface area (Å²) in [5, 5.41) is 11.8. The van der Waals surface area contributed by atoms with Crippen molar-refractivity contribution in [1.82, 2.24) is 19.8 Å². The fourth-order valence-corrected chi connectivity index (χ4v) is 3.20. The van der Waals surface area contributed by atoms with Crippen molar-refractivity contribution in [3.8, 4) is 17.2 Å². The zero-order valence-corrected chi connectivity index (χ0v) is 15.7. The number of para-hydroxylation sites is 1. The summed E-state index contributed by atoms with van der Waals surface area (Å²) < 4.78 is 13.6. The summed E-state index contributed by atoms with van der Waals surface area (Å²) in [7, 11) is 1.55. The molecule has 1 aliphatic rings. The number of fused-ring (bicyclic) bond motifs is 1. The minimum Gasteiger partial charge on any atom is -0.454 e. The maximum Gasteiger partial charge on any atom is 0.368 e. The van der Waals surface area contributed by atoms with E-state index in [1.54, 1.807) is 26.3 Å². The monoisotopic (exact) mass is 381 g/mol. The van der Waals surface area contributed by atoms with Gasteiger partial charge in [-0.2, -0.15) is 9.36 Å². The highest BCUT2D eigenvalue weighted by Gasteiger charge is 2.30. The van der Waals surface area contributed by atoms with Crippen molar-refractivity contribution >= 4 is 6.21 Å².